The van der Waals surface area contributed by atoms with E-state index in [1.54, 1.807) is 4.90 Å². The van der Waals surface area contributed by atoms with Crippen LogP contribution in [0.3, 0.4) is 0 Å². The molecule has 0 heterocycles. The van der Waals surface area contributed by atoms with Crippen LogP contribution in [0.2, 0.25) is 10.0 Å². The van der Waals surface area contributed by atoms with Gasteiger partial charge >= 0.3 is 0 Å². The zero-order chi connectivity index (χ0) is 16.4. The average molecular weight is 373 g/mol. The van der Waals surface area contributed by atoms with E-state index in [-0.39, 0.29) is 32.5 Å². The Kier molecular flexibility index (Phi) is 6.35. The zero-order valence-corrected chi connectivity index (χ0v) is 14.9. The molecule has 0 aliphatic heterocycles. The minimum absolute atomic E-state index is 0.0208. The molecule has 0 saturated carbocycles. The predicted molar refractivity (Wildman–Crippen MR) is 86.0 cm³/mol. The van der Waals surface area contributed by atoms with Crippen molar-refractivity contribution in [2.24, 2.45) is 0 Å². The van der Waals surface area contributed by atoms with E-state index in [4.69, 9.17) is 33.9 Å². The van der Waals surface area contributed by atoms with Crippen molar-refractivity contribution in [1.82, 2.24) is 4.90 Å². The number of rotatable bonds is 5. The summed E-state index contributed by atoms with van der Waals surface area (Å²) < 4.78 is 22.9. The smallest absolute Gasteiger partial charge is 0.261 e. The van der Waals surface area contributed by atoms with E-state index in [1.807, 2.05) is 20.8 Å². The fraction of sp³-hybridized carbons (Fsp3) is 0.462. The Bertz CT molecular complexity index is 644. The largest absolute Gasteiger partial charge is 0.336 e. The molecule has 0 saturated heterocycles. The molecule has 0 N–H and O–H groups in total. The molecule has 118 valence electrons. The second-order valence-corrected chi connectivity index (χ2v) is 8.15. The van der Waals surface area contributed by atoms with Gasteiger partial charge in [-0.25, -0.2) is 8.42 Å². The number of halogens is 3. The van der Waals surface area contributed by atoms with Crippen LogP contribution < -0.4 is 0 Å². The summed E-state index contributed by atoms with van der Waals surface area (Å²) in [6, 6.07) is 2.23. The maximum absolute atomic E-state index is 12.6. The van der Waals surface area contributed by atoms with E-state index in [0.29, 0.717) is 6.54 Å². The summed E-state index contributed by atoms with van der Waals surface area (Å²) in [6.07, 6.45) is 0.767. The molecule has 0 spiro atoms. The van der Waals surface area contributed by atoms with Crippen LogP contribution in [0.5, 0.6) is 0 Å². The minimum atomic E-state index is -4.00. The van der Waals surface area contributed by atoms with E-state index in [0.717, 1.165) is 18.6 Å². The maximum Gasteiger partial charge on any atom is 0.261 e. The van der Waals surface area contributed by atoms with Crippen LogP contribution in [-0.4, -0.2) is 31.8 Å². The van der Waals surface area contributed by atoms with Crippen LogP contribution in [-0.2, 0) is 9.05 Å². The minimum Gasteiger partial charge on any atom is -0.336 e. The Morgan fingerprint density at radius 2 is 1.86 bits per heavy atom. The fourth-order valence-corrected chi connectivity index (χ4v) is 3.11. The van der Waals surface area contributed by atoms with Crippen LogP contribution in [0.15, 0.2) is 17.0 Å². The van der Waals surface area contributed by atoms with E-state index >= 15 is 0 Å². The van der Waals surface area contributed by atoms with Gasteiger partial charge in [-0.1, -0.05) is 30.1 Å². The first-order valence-corrected chi connectivity index (χ1v) is 9.40. The molecule has 8 heteroatoms. The Morgan fingerprint density at radius 3 is 2.29 bits per heavy atom. The van der Waals surface area contributed by atoms with Gasteiger partial charge in [-0.05, 0) is 32.4 Å². The standard InChI is InChI=1S/C13H16Cl3NO3S/c1-4-5-17(8(2)3)13(18)10-6-9(21(16,19)20)7-11(14)12(10)15/h6-8H,4-5H2,1-3H3. The molecule has 21 heavy (non-hydrogen) atoms. The summed E-state index contributed by atoms with van der Waals surface area (Å²) in [4.78, 5) is 13.9. The van der Waals surface area contributed by atoms with Crippen molar-refractivity contribution >= 4 is 48.8 Å². The Hall–Kier alpha value is -0.490. The molecule has 1 aromatic carbocycles. The molecule has 0 aliphatic rings. The van der Waals surface area contributed by atoms with Crippen LogP contribution >= 0.6 is 33.9 Å². The van der Waals surface area contributed by atoms with Crippen molar-refractivity contribution in [2.75, 3.05) is 6.54 Å². The van der Waals surface area contributed by atoms with Gasteiger partial charge in [-0.3, -0.25) is 4.79 Å². The number of nitrogens with zero attached hydrogens (tertiary/aromatic N) is 1. The lowest BCUT2D eigenvalue weighted by atomic mass is 10.1. The first-order valence-electron chi connectivity index (χ1n) is 6.34. The third-order valence-electron chi connectivity index (χ3n) is 2.86. The molecule has 0 aromatic heterocycles. The molecule has 4 nitrogen and oxygen atoms in total. The fourth-order valence-electron chi connectivity index (χ4n) is 1.85. The highest BCUT2D eigenvalue weighted by atomic mass is 35.7. The van der Waals surface area contributed by atoms with Crippen molar-refractivity contribution < 1.29 is 13.2 Å². The van der Waals surface area contributed by atoms with Crippen LogP contribution in [0.1, 0.15) is 37.6 Å². The van der Waals surface area contributed by atoms with Gasteiger partial charge in [0.1, 0.15) is 0 Å². The molecular weight excluding hydrogens is 357 g/mol. The summed E-state index contributed by atoms with van der Waals surface area (Å²) >= 11 is 11.9. The number of benzene rings is 1. The van der Waals surface area contributed by atoms with Crippen molar-refractivity contribution in [3.63, 3.8) is 0 Å². The molecule has 0 radical (unpaired) electrons. The highest BCUT2D eigenvalue weighted by molar-refractivity contribution is 8.13. The number of carbonyl (C=O) groups is 1. The monoisotopic (exact) mass is 371 g/mol. The Morgan fingerprint density at radius 1 is 1.29 bits per heavy atom. The van der Waals surface area contributed by atoms with Gasteiger partial charge < -0.3 is 4.90 Å². The summed E-state index contributed by atoms with van der Waals surface area (Å²) in [5.74, 6) is -0.374. The van der Waals surface area contributed by atoms with Crippen LogP contribution in [0.25, 0.3) is 0 Å². The van der Waals surface area contributed by atoms with E-state index in [9.17, 15) is 13.2 Å². The first-order chi connectivity index (χ1) is 9.59. The van der Waals surface area contributed by atoms with Crippen LogP contribution in [0.4, 0.5) is 0 Å². The first kappa shape index (κ1) is 18.6. The lowest BCUT2D eigenvalue weighted by Crippen LogP contribution is -2.37. The maximum atomic E-state index is 12.6. The number of amides is 1. The number of carbonyl (C=O) groups excluding carboxylic acids is 1. The number of hydrogen-bond donors (Lipinski definition) is 0. The summed E-state index contributed by atoms with van der Waals surface area (Å²) in [5.41, 5.74) is 0.0329. The van der Waals surface area contributed by atoms with Gasteiger partial charge in [-0.15, -0.1) is 0 Å². The number of hydrogen-bond acceptors (Lipinski definition) is 3. The summed E-state index contributed by atoms with van der Waals surface area (Å²) in [5, 5.41) is -0.00515. The normalized spacial score (nSPS) is 11.8. The highest BCUT2D eigenvalue weighted by Gasteiger charge is 2.24. The zero-order valence-electron chi connectivity index (χ0n) is 11.9. The highest BCUT2D eigenvalue weighted by Crippen LogP contribution is 2.32. The van der Waals surface area contributed by atoms with Crippen LogP contribution in [0, 0.1) is 0 Å². The van der Waals surface area contributed by atoms with Gasteiger partial charge in [0.2, 0.25) is 0 Å². The van der Waals surface area contributed by atoms with Crippen molar-refractivity contribution in [1.29, 1.82) is 0 Å². The summed E-state index contributed by atoms with van der Waals surface area (Å²) in [6.45, 7) is 6.20. The van der Waals surface area contributed by atoms with E-state index in [1.165, 1.54) is 0 Å². The Balaban J connectivity index is 3.41. The summed E-state index contributed by atoms with van der Waals surface area (Å²) in [7, 11) is 1.31. The van der Waals surface area contributed by atoms with Gasteiger partial charge in [0.15, 0.2) is 0 Å². The van der Waals surface area contributed by atoms with Crippen molar-refractivity contribution in [3.05, 3.63) is 27.7 Å². The lowest BCUT2D eigenvalue weighted by Gasteiger charge is -2.27. The quantitative estimate of drug-likeness (QED) is 0.728. The molecule has 1 aromatic rings. The van der Waals surface area contributed by atoms with Crippen molar-refractivity contribution in [3.8, 4) is 0 Å². The average Bonchev–Trinajstić information content (AvgIpc) is 2.36. The van der Waals surface area contributed by atoms with Gasteiger partial charge in [0.05, 0.1) is 20.5 Å². The molecule has 0 atom stereocenters. The second kappa shape index (κ2) is 7.18. The van der Waals surface area contributed by atoms with Gasteiger partial charge in [0, 0.05) is 23.3 Å². The van der Waals surface area contributed by atoms with E-state index in [2.05, 4.69) is 0 Å². The van der Waals surface area contributed by atoms with E-state index < -0.39 is 9.05 Å². The third-order valence-corrected chi connectivity index (χ3v) is 5.00. The van der Waals surface area contributed by atoms with Gasteiger partial charge in [0.25, 0.3) is 15.0 Å². The topological polar surface area (TPSA) is 54.5 Å². The SMILES string of the molecule is CCCN(C(=O)c1cc(S(=O)(=O)Cl)cc(Cl)c1Cl)C(C)C. The lowest BCUT2D eigenvalue weighted by molar-refractivity contribution is 0.0706. The second-order valence-electron chi connectivity index (χ2n) is 4.80. The van der Waals surface area contributed by atoms with Crippen molar-refractivity contribution in [2.45, 2.75) is 38.1 Å². The third kappa shape index (κ3) is 4.49. The molecule has 0 bridgehead atoms. The predicted octanol–water partition coefficient (Wildman–Crippen LogP) is 4.18. The molecule has 0 unspecified atom stereocenters. The molecule has 0 fully saturated rings. The molecular formula is C13H16Cl3NO3S. The molecule has 0 aliphatic carbocycles. The Labute approximate surface area is 139 Å². The van der Waals surface area contributed by atoms with Gasteiger partial charge in [-0.2, -0.15) is 0 Å². The molecule has 1 amide bonds. The molecule has 1 rings (SSSR count).